The third-order valence-corrected chi connectivity index (χ3v) is 1.65. The number of nitrogens with zero attached hydrogens (tertiary/aromatic N) is 2. The molecule has 4 nitrogen and oxygen atoms in total. The van der Waals surface area contributed by atoms with Crippen molar-refractivity contribution < 1.29 is 18.3 Å². The van der Waals surface area contributed by atoms with E-state index in [1.165, 1.54) is 6.07 Å². The van der Waals surface area contributed by atoms with Crippen molar-refractivity contribution >= 4 is 5.82 Å². The number of aliphatic hydroxyl groups is 1. The topological polar surface area (TPSA) is 58.0 Å². The van der Waals surface area contributed by atoms with Gasteiger partial charge in [0.2, 0.25) is 0 Å². The lowest BCUT2D eigenvalue weighted by molar-refractivity contribution is -0.198. The molecule has 0 aliphatic heterocycles. The summed E-state index contributed by atoms with van der Waals surface area (Å²) in [6.45, 7) is 1.07. The highest BCUT2D eigenvalue weighted by atomic mass is 19.4. The van der Waals surface area contributed by atoms with Crippen LogP contribution in [0, 0.1) is 6.92 Å². The summed E-state index contributed by atoms with van der Waals surface area (Å²) in [5.41, 5.74) is 0.664. The largest absolute Gasteiger partial charge is 0.416 e. The molecular weight excluding hydrogens is 211 g/mol. The van der Waals surface area contributed by atoms with Gasteiger partial charge in [-0.05, 0) is 19.1 Å². The normalized spacial score (nSPS) is 13.7. The maximum atomic E-state index is 11.9. The smallest absolute Gasteiger partial charge is 0.382 e. The summed E-state index contributed by atoms with van der Waals surface area (Å²) in [6, 6.07) is 3.10. The van der Waals surface area contributed by atoms with Crippen LogP contribution in [0.25, 0.3) is 0 Å². The van der Waals surface area contributed by atoms with E-state index in [-0.39, 0.29) is 5.82 Å². The lowest BCUT2D eigenvalue weighted by Crippen LogP contribution is -2.35. The Kier molecular flexibility index (Phi) is 3.46. The molecule has 84 valence electrons. The molecule has 15 heavy (non-hydrogen) atoms. The molecule has 0 spiro atoms. The summed E-state index contributed by atoms with van der Waals surface area (Å²) in [5.74, 6) is 0.198. The molecule has 0 aliphatic rings. The zero-order chi connectivity index (χ0) is 11.5. The molecule has 1 heterocycles. The van der Waals surface area contributed by atoms with Crippen molar-refractivity contribution in [1.29, 1.82) is 0 Å². The Bertz CT molecular complexity index is 312. The third-order valence-electron chi connectivity index (χ3n) is 1.65. The molecule has 7 heteroatoms. The fraction of sp³-hybridized carbons (Fsp3) is 0.500. The highest BCUT2D eigenvalue weighted by Gasteiger charge is 2.37. The van der Waals surface area contributed by atoms with Crippen molar-refractivity contribution in [2.45, 2.75) is 19.2 Å². The van der Waals surface area contributed by atoms with Crippen molar-refractivity contribution in [1.82, 2.24) is 10.2 Å². The van der Waals surface area contributed by atoms with Gasteiger partial charge in [0.05, 0.1) is 12.2 Å². The molecule has 0 saturated heterocycles. The summed E-state index contributed by atoms with van der Waals surface area (Å²) in [5, 5.41) is 18.2. The van der Waals surface area contributed by atoms with Crippen LogP contribution < -0.4 is 5.32 Å². The van der Waals surface area contributed by atoms with Gasteiger partial charge in [0.1, 0.15) is 5.82 Å². The van der Waals surface area contributed by atoms with E-state index in [4.69, 9.17) is 5.11 Å². The molecular formula is C8H10F3N3O. The van der Waals surface area contributed by atoms with Gasteiger partial charge >= 0.3 is 6.18 Å². The van der Waals surface area contributed by atoms with E-state index in [0.29, 0.717) is 5.69 Å². The van der Waals surface area contributed by atoms with E-state index >= 15 is 0 Å². The molecule has 1 unspecified atom stereocenters. The summed E-state index contributed by atoms with van der Waals surface area (Å²) in [7, 11) is 0. The molecule has 2 N–H and O–H groups in total. The van der Waals surface area contributed by atoms with E-state index in [9.17, 15) is 13.2 Å². The number of aryl methyl sites for hydroxylation is 1. The minimum atomic E-state index is -4.62. The van der Waals surface area contributed by atoms with Crippen molar-refractivity contribution in [3.05, 3.63) is 17.8 Å². The summed E-state index contributed by atoms with van der Waals surface area (Å²) in [4.78, 5) is 0. The molecule has 0 aliphatic carbocycles. The lowest BCUT2D eigenvalue weighted by atomic mass is 10.3. The van der Waals surface area contributed by atoms with Crippen LogP contribution in [-0.2, 0) is 0 Å². The maximum absolute atomic E-state index is 11.9. The number of hydrogen-bond donors (Lipinski definition) is 2. The van der Waals surface area contributed by atoms with Gasteiger partial charge < -0.3 is 10.4 Å². The third kappa shape index (κ3) is 3.70. The van der Waals surface area contributed by atoms with Crippen molar-refractivity contribution in [3.8, 4) is 0 Å². The van der Waals surface area contributed by atoms with Crippen LogP contribution in [0.15, 0.2) is 12.1 Å². The van der Waals surface area contributed by atoms with Crippen LogP contribution in [0.2, 0.25) is 0 Å². The second kappa shape index (κ2) is 4.43. The van der Waals surface area contributed by atoms with Gasteiger partial charge in [-0.25, -0.2) is 0 Å². The molecule has 1 rings (SSSR count). The Balaban J connectivity index is 2.47. The second-order valence-corrected chi connectivity index (χ2v) is 3.00. The number of hydrogen-bond acceptors (Lipinski definition) is 4. The number of aromatic nitrogens is 2. The minimum Gasteiger partial charge on any atom is -0.382 e. The number of anilines is 1. The van der Waals surface area contributed by atoms with Crippen molar-refractivity contribution in [2.75, 3.05) is 11.9 Å². The average Bonchev–Trinajstić information content (AvgIpc) is 2.15. The van der Waals surface area contributed by atoms with Gasteiger partial charge in [-0.15, -0.1) is 5.10 Å². The molecule has 0 aromatic carbocycles. The Morgan fingerprint density at radius 2 is 2.07 bits per heavy atom. The van der Waals surface area contributed by atoms with E-state index in [1.807, 2.05) is 0 Å². The van der Waals surface area contributed by atoms with E-state index in [2.05, 4.69) is 15.5 Å². The van der Waals surface area contributed by atoms with E-state index in [0.717, 1.165) is 0 Å². The highest BCUT2D eigenvalue weighted by molar-refractivity contribution is 5.32. The standard InChI is InChI=1S/C8H10F3N3O/c1-5-2-3-7(14-13-5)12-4-6(15)8(9,10)11/h2-3,6,15H,4H2,1H3,(H,12,14). The molecule has 0 fully saturated rings. The van der Waals surface area contributed by atoms with Crippen LogP contribution in [0.1, 0.15) is 5.69 Å². The Labute approximate surface area is 84.1 Å². The summed E-state index contributed by atoms with van der Waals surface area (Å²) >= 11 is 0. The monoisotopic (exact) mass is 221 g/mol. The first kappa shape index (κ1) is 11.7. The van der Waals surface area contributed by atoms with Gasteiger partial charge in [-0.3, -0.25) is 0 Å². The van der Waals surface area contributed by atoms with Gasteiger partial charge in [-0.2, -0.15) is 18.3 Å². The van der Waals surface area contributed by atoms with Crippen LogP contribution >= 0.6 is 0 Å². The average molecular weight is 221 g/mol. The maximum Gasteiger partial charge on any atom is 0.416 e. The molecule has 0 radical (unpaired) electrons. The zero-order valence-electron chi connectivity index (χ0n) is 7.91. The number of halogens is 3. The number of alkyl halides is 3. The minimum absolute atomic E-state index is 0.198. The Morgan fingerprint density at radius 1 is 1.40 bits per heavy atom. The van der Waals surface area contributed by atoms with Crippen LogP contribution in [0.4, 0.5) is 19.0 Å². The van der Waals surface area contributed by atoms with Gasteiger partial charge in [0, 0.05) is 0 Å². The molecule has 1 aromatic rings. The molecule has 0 amide bonds. The number of rotatable bonds is 3. The van der Waals surface area contributed by atoms with Crippen molar-refractivity contribution in [3.63, 3.8) is 0 Å². The predicted octanol–water partition coefficient (Wildman–Crippen LogP) is 1.12. The number of nitrogens with one attached hydrogen (secondary N) is 1. The molecule has 0 bridgehead atoms. The van der Waals surface area contributed by atoms with Crippen LogP contribution in [-0.4, -0.2) is 34.1 Å². The second-order valence-electron chi connectivity index (χ2n) is 3.00. The zero-order valence-corrected chi connectivity index (χ0v) is 7.91. The molecule has 1 aromatic heterocycles. The molecule has 0 saturated carbocycles. The SMILES string of the molecule is Cc1ccc(NCC(O)C(F)(F)F)nn1. The van der Waals surface area contributed by atoms with E-state index < -0.39 is 18.8 Å². The molecule has 1 atom stereocenters. The fourth-order valence-electron chi connectivity index (χ4n) is 0.810. The first-order valence-electron chi connectivity index (χ1n) is 4.18. The van der Waals surface area contributed by atoms with E-state index in [1.54, 1.807) is 13.0 Å². The van der Waals surface area contributed by atoms with Crippen molar-refractivity contribution in [2.24, 2.45) is 0 Å². The van der Waals surface area contributed by atoms with Crippen LogP contribution in [0.5, 0.6) is 0 Å². The van der Waals surface area contributed by atoms with Gasteiger partial charge in [0.15, 0.2) is 6.10 Å². The number of aliphatic hydroxyl groups excluding tert-OH is 1. The Morgan fingerprint density at radius 3 is 2.53 bits per heavy atom. The van der Waals surface area contributed by atoms with Crippen LogP contribution in [0.3, 0.4) is 0 Å². The summed E-state index contributed by atoms with van der Waals surface area (Å²) < 4.78 is 35.7. The summed E-state index contributed by atoms with van der Waals surface area (Å²) in [6.07, 6.45) is -7.02. The quantitative estimate of drug-likeness (QED) is 0.803. The highest BCUT2D eigenvalue weighted by Crippen LogP contribution is 2.19. The lowest BCUT2D eigenvalue weighted by Gasteiger charge is -2.14. The van der Waals surface area contributed by atoms with Gasteiger partial charge in [-0.1, -0.05) is 0 Å². The van der Waals surface area contributed by atoms with Gasteiger partial charge in [0.25, 0.3) is 0 Å². The first-order valence-corrected chi connectivity index (χ1v) is 4.18. The predicted molar refractivity (Wildman–Crippen MR) is 47.3 cm³/mol. The fourth-order valence-corrected chi connectivity index (χ4v) is 0.810. The Hall–Kier alpha value is -1.37. The first-order chi connectivity index (χ1) is 6.89.